The minimum absolute atomic E-state index is 0.0530. The van der Waals surface area contributed by atoms with Crippen molar-refractivity contribution in [2.75, 3.05) is 5.43 Å². The molecule has 2 fully saturated rings. The van der Waals surface area contributed by atoms with Gasteiger partial charge in [-0.25, -0.2) is 14.9 Å². The Bertz CT molecular complexity index is 1060. The van der Waals surface area contributed by atoms with E-state index in [-0.39, 0.29) is 24.1 Å². The van der Waals surface area contributed by atoms with Crippen LogP contribution < -0.4 is 20.9 Å². The van der Waals surface area contributed by atoms with Gasteiger partial charge < -0.3 is 14.8 Å². The Morgan fingerprint density at radius 1 is 1.12 bits per heavy atom. The van der Waals surface area contributed by atoms with E-state index in [1.165, 1.54) is 29.8 Å². The number of nitrogens with zero attached hydrogens (tertiary/aromatic N) is 1. The van der Waals surface area contributed by atoms with Crippen molar-refractivity contribution in [3.63, 3.8) is 0 Å². The van der Waals surface area contributed by atoms with Gasteiger partial charge in [-0.1, -0.05) is 30.3 Å². The minimum atomic E-state index is -0.746. The van der Waals surface area contributed by atoms with E-state index in [1.807, 2.05) is 30.3 Å². The van der Waals surface area contributed by atoms with Crippen LogP contribution in [0.15, 0.2) is 47.4 Å². The molecule has 170 valence electrons. The van der Waals surface area contributed by atoms with Crippen LogP contribution in [0.2, 0.25) is 0 Å². The molecule has 32 heavy (non-hydrogen) atoms. The molecule has 2 aliphatic carbocycles. The molecule has 8 heteroatoms. The molecular weight excluding hydrogens is 410 g/mol. The van der Waals surface area contributed by atoms with Crippen LogP contribution in [0.5, 0.6) is 5.75 Å². The van der Waals surface area contributed by atoms with Gasteiger partial charge in [0.2, 0.25) is 5.43 Å². The zero-order valence-electron chi connectivity index (χ0n) is 18.6. The normalized spacial score (nSPS) is 16.7. The zero-order chi connectivity index (χ0) is 22.9. The molecular formula is C24H29N3O5. The minimum Gasteiger partial charge on any atom is -0.482 e. The summed E-state index contributed by atoms with van der Waals surface area (Å²) < 4.78 is 12.3. The van der Waals surface area contributed by atoms with Gasteiger partial charge >= 0.3 is 6.09 Å². The van der Waals surface area contributed by atoms with Gasteiger partial charge in [-0.05, 0) is 57.4 Å². The van der Waals surface area contributed by atoms with E-state index < -0.39 is 23.0 Å². The van der Waals surface area contributed by atoms with Gasteiger partial charge in [0.05, 0.1) is 0 Å². The van der Waals surface area contributed by atoms with Gasteiger partial charge in [-0.2, -0.15) is 0 Å². The summed E-state index contributed by atoms with van der Waals surface area (Å²) in [4.78, 5) is 38.2. The van der Waals surface area contributed by atoms with Crippen molar-refractivity contribution in [1.29, 1.82) is 0 Å². The highest BCUT2D eigenvalue weighted by Gasteiger charge is 2.53. The highest BCUT2D eigenvalue weighted by atomic mass is 16.6. The number of aromatic nitrogens is 1. The fourth-order valence-electron chi connectivity index (χ4n) is 4.02. The Balaban J connectivity index is 1.59. The molecule has 2 aliphatic rings. The van der Waals surface area contributed by atoms with Gasteiger partial charge in [0, 0.05) is 18.3 Å². The maximum absolute atomic E-state index is 13.2. The SMILES string of the molecule is CC(C)(C)OC(=O)Nn1ccc(=O)c(OCc2ccccc2)c1C(=O)NC1CC2(CC2)C1. The number of nitrogens with one attached hydrogen (secondary N) is 2. The van der Waals surface area contributed by atoms with Crippen LogP contribution >= 0.6 is 0 Å². The van der Waals surface area contributed by atoms with Gasteiger partial charge in [0.25, 0.3) is 5.91 Å². The second kappa shape index (κ2) is 8.33. The van der Waals surface area contributed by atoms with Crippen LogP contribution in [0.3, 0.4) is 0 Å². The van der Waals surface area contributed by atoms with E-state index in [0.717, 1.165) is 18.4 Å². The molecule has 0 saturated heterocycles. The van der Waals surface area contributed by atoms with E-state index in [2.05, 4.69) is 10.7 Å². The summed E-state index contributed by atoms with van der Waals surface area (Å²) in [5.74, 6) is -0.590. The highest BCUT2D eigenvalue weighted by Crippen LogP contribution is 2.60. The summed E-state index contributed by atoms with van der Waals surface area (Å²) in [5, 5.41) is 2.99. The van der Waals surface area contributed by atoms with Crippen molar-refractivity contribution in [3.05, 3.63) is 64.1 Å². The molecule has 1 heterocycles. The molecule has 0 unspecified atom stereocenters. The quantitative estimate of drug-likeness (QED) is 0.717. The summed E-state index contributed by atoms with van der Waals surface area (Å²) in [6.45, 7) is 5.33. The number of rotatable bonds is 6. The number of benzene rings is 1. The molecule has 2 N–H and O–H groups in total. The predicted octanol–water partition coefficient (Wildman–Crippen LogP) is 3.58. The number of hydrogen-bond acceptors (Lipinski definition) is 5. The third-order valence-electron chi connectivity index (χ3n) is 5.76. The topological polar surface area (TPSA) is 98.7 Å². The molecule has 0 atom stereocenters. The Morgan fingerprint density at radius 3 is 2.44 bits per heavy atom. The first-order valence-electron chi connectivity index (χ1n) is 10.9. The summed E-state index contributed by atoms with van der Waals surface area (Å²) in [7, 11) is 0. The first kappa shape index (κ1) is 21.9. The van der Waals surface area contributed by atoms with Crippen molar-refractivity contribution >= 4 is 12.0 Å². The molecule has 2 saturated carbocycles. The van der Waals surface area contributed by atoms with Gasteiger partial charge in [-0.15, -0.1) is 0 Å². The lowest BCUT2D eigenvalue weighted by atomic mass is 9.77. The second-order valence-electron chi connectivity index (χ2n) is 9.69. The zero-order valence-corrected chi connectivity index (χ0v) is 18.6. The van der Waals surface area contributed by atoms with Gasteiger partial charge in [-0.3, -0.25) is 9.59 Å². The number of pyridine rings is 1. The standard InChI is InChI=1S/C24H29N3O5/c1-23(2,3)32-22(30)26-27-12-9-18(28)20(31-15-16-7-5-4-6-8-16)19(27)21(29)25-17-13-24(14-17)10-11-24/h4-9,12,17H,10-11,13-15H2,1-3H3,(H,25,29)(H,26,30). The number of amides is 2. The van der Waals surface area contributed by atoms with Crippen LogP contribution in [-0.2, 0) is 11.3 Å². The molecule has 0 aliphatic heterocycles. The number of hydrogen-bond donors (Lipinski definition) is 2. The third kappa shape index (κ3) is 5.12. The van der Waals surface area contributed by atoms with Crippen LogP contribution in [0, 0.1) is 5.41 Å². The smallest absolute Gasteiger partial charge is 0.426 e. The predicted molar refractivity (Wildman–Crippen MR) is 119 cm³/mol. The molecule has 1 spiro atoms. The van der Waals surface area contributed by atoms with E-state index in [9.17, 15) is 14.4 Å². The largest absolute Gasteiger partial charge is 0.482 e. The van der Waals surface area contributed by atoms with Crippen molar-refractivity contribution in [2.24, 2.45) is 5.41 Å². The molecule has 1 aromatic heterocycles. The maximum Gasteiger partial charge on any atom is 0.426 e. The summed E-state index contributed by atoms with van der Waals surface area (Å²) in [6.07, 6.45) is 4.89. The Kier molecular flexibility index (Phi) is 5.71. The molecule has 2 aromatic rings. The monoisotopic (exact) mass is 439 g/mol. The van der Waals surface area contributed by atoms with E-state index >= 15 is 0 Å². The Labute approximate surface area is 186 Å². The highest BCUT2D eigenvalue weighted by molar-refractivity contribution is 5.96. The summed E-state index contributed by atoms with van der Waals surface area (Å²) in [6, 6.07) is 10.6. The Morgan fingerprint density at radius 2 is 1.81 bits per heavy atom. The number of ether oxygens (including phenoxy) is 2. The van der Waals surface area contributed by atoms with Gasteiger partial charge in [0.1, 0.15) is 12.2 Å². The Hall–Kier alpha value is -3.29. The first-order valence-corrected chi connectivity index (χ1v) is 10.9. The van der Waals surface area contributed by atoms with Crippen LogP contribution in [0.1, 0.15) is 62.5 Å². The van der Waals surface area contributed by atoms with Crippen molar-refractivity contribution < 1.29 is 19.1 Å². The number of carbonyl (C=O) groups excluding carboxylic acids is 2. The summed E-state index contributed by atoms with van der Waals surface area (Å²) in [5.41, 5.74) is 2.57. The van der Waals surface area contributed by atoms with Gasteiger partial charge in [0.15, 0.2) is 11.4 Å². The van der Waals surface area contributed by atoms with E-state index in [0.29, 0.717) is 5.41 Å². The maximum atomic E-state index is 13.2. The lowest BCUT2D eigenvalue weighted by Gasteiger charge is -2.36. The number of carbonyl (C=O) groups is 2. The van der Waals surface area contributed by atoms with Crippen molar-refractivity contribution in [2.45, 2.75) is 64.7 Å². The van der Waals surface area contributed by atoms with Crippen molar-refractivity contribution in [3.8, 4) is 5.75 Å². The van der Waals surface area contributed by atoms with Crippen LogP contribution in [-0.4, -0.2) is 28.3 Å². The molecule has 4 rings (SSSR count). The molecule has 1 aromatic carbocycles. The second-order valence-corrected chi connectivity index (χ2v) is 9.69. The van der Waals surface area contributed by atoms with E-state index in [1.54, 1.807) is 20.8 Å². The van der Waals surface area contributed by atoms with Crippen molar-refractivity contribution in [1.82, 2.24) is 9.99 Å². The fraction of sp³-hybridized carbons (Fsp3) is 0.458. The molecule has 2 amide bonds. The van der Waals surface area contributed by atoms with Crippen LogP contribution in [0.4, 0.5) is 4.79 Å². The lowest BCUT2D eigenvalue weighted by Crippen LogP contribution is -2.47. The fourth-order valence-corrected chi connectivity index (χ4v) is 4.02. The first-order chi connectivity index (χ1) is 15.1. The summed E-state index contributed by atoms with van der Waals surface area (Å²) >= 11 is 0. The third-order valence-corrected chi connectivity index (χ3v) is 5.76. The average molecular weight is 440 g/mol. The molecule has 8 nitrogen and oxygen atoms in total. The average Bonchev–Trinajstić information content (AvgIpc) is 3.48. The lowest BCUT2D eigenvalue weighted by molar-refractivity contribution is 0.0612. The molecule has 0 bridgehead atoms. The van der Waals surface area contributed by atoms with E-state index in [4.69, 9.17) is 9.47 Å². The molecule has 0 radical (unpaired) electrons. The van der Waals surface area contributed by atoms with Crippen LogP contribution in [0.25, 0.3) is 0 Å².